The minimum absolute atomic E-state index is 0.273. The van der Waals surface area contributed by atoms with Crippen LogP contribution in [0.3, 0.4) is 0 Å². The Labute approximate surface area is 129 Å². The maximum atomic E-state index is 11.9. The standard InChI is InChI=1S/C16H18O4S/c1-2-20-15(18)13(10-11-14(17)16(19)21)9-8-12-6-4-3-5-7-12/h3-7,10-11,17H,2,8-9H2,1H3,(H,19,21). The van der Waals surface area contributed by atoms with E-state index in [1.54, 1.807) is 6.92 Å². The number of carbonyl (C=O) groups excluding carboxylic acids is 1. The molecule has 0 aliphatic heterocycles. The normalized spacial score (nSPS) is 12.0. The highest BCUT2D eigenvalue weighted by molar-refractivity contribution is 7.80. The summed E-state index contributed by atoms with van der Waals surface area (Å²) in [6.45, 7) is 2.00. The van der Waals surface area contributed by atoms with Crippen molar-refractivity contribution in [2.45, 2.75) is 19.8 Å². The van der Waals surface area contributed by atoms with Gasteiger partial charge in [0.2, 0.25) is 5.05 Å². The summed E-state index contributed by atoms with van der Waals surface area (Å²) in [6.07, 6.45) is 3.74. The second-order valence-electron chi connectivity index (χ2n) is 4.26. The van der Waals surface area contributed by atoms with Crippen molar-refractivity contribution in [1.29, 1.82) is 0 Å². The van der Waals surface area contributed by atoms with E-state index in [0.29, 0.717) is 18.4 Å². The lowest BCUT2D eigenvalue weighted by Crippen LogP contribution is -2.09. The van der Waals surface area contributed by atoms with E-state index in [1.807, 2.05) is 30.3 Å². The second-order valence-corrected chi connectivity index (χ2v) is 4.64. The molecule has 0 amide bonds. The molecule has 1 aromatic rings. The molecule has 0 fully saturated rings. The van der Waals surface area contributed by atoms with Crippen LogP contribution in [0, 0.1) is 0 Å². The first kappa shape index (κ1) is 16.9. The molecule has 4 nitrogen and oxygen atoms in total. The molecule has 0 radical (unpaired) electrons. The van der Waals surface area contributed by atoms with Crippen LogP contribution in [-0.4, -0.2) is 27.8 Å². The Kier molecular flexibility index (Phi) is 7.18. The number of aliphatic hydroxyl groups excluding tert-OH is 2. The van der Waals surface area contributed by atoms with Gasteiger partial charge < -0.3 is 14.9 Å². The topological polar surface area (TPSA) is 66.8 Å². The molecule has 0 spiro atoms. The third-order valence-corrected chi connectivity index (χ3v) is 2.93. The monoisotopic (exact) mass is 306 g/mol. The predicted molar refractivity (Wildman–Crippen MR) is 85.4 cm³/mol. The SMILES string of the molecule is CCOC(=O)C(=CC=C(O)C(O)=S)CCc1ccccc1. The number of aliphatic hydroxyl groups is 2. The Morgan fingerprint density at radius 3 is 2.48 bits per heavy atom. The van der Waals surface area contributed by atoms with Crippen LogP contribution in [0.1, 0.15) is 18.9 Å². The summed E-state index contributed by atoms with van der Waals surface area (Å²) >= 11 is 4.42. The zero-order valence-electron chi connectivity index (χ0n) is 11.8. The molecule has 0 bridgehead atoms. The molecule has 0 saturated carbocycles. The van der Waals surface area contributed by atoms with Gasteiger partial charge in [-0.15, -0.1) is 0 Å². The number of ether oxygens (including phenoxy) is 1. The van der Waals surface area contributed by atoms with E-state index in [9.17, 15) is 9.90 Å². The van der Waals surface area contributed by atoms with Gasteiger partial charge in [0, 0.05) is 5.57 Å². The lowest BCUT2D eigenvalue weighted by molar-refractivity contribution is -0.138. The smallest absolute Gasteiger partial charge is 0.333 e. The Morgan fingerprint density at radius 2 is 1.90 bits per heavy atom. The highest BCUT2D eigenvalue weighted by atomic mass is 32.1. The van der Waals surface area contributed by atoms with Crippen molar-refractivity contribution in [1.82, 2.24) is 0 Å². The van der Waals surface area contributed by atoms with Crippen molar-refractivity contribution in [3.63, 3.8) is 0 Å². The van der Waals surface area contributed by atoms with Gasteiger partial charge in [-0.2, -0.15) is 0 Å². The molecule has 0 aliphatic rings. The maximum Gasteiger partial charge on any atom is 0.333 e. The minimum atomic E-state index is -0.613. The molecule has 21 heavy (non-hydrogen) atoms. The van der Waals surface area contributed by atoms with Crippen LogP contribution < -0.4 is 0 Å². The summed E-state index contributed by atoms with van der Waals surface area (Å²) in [5, 5.41) is 17.7. The fraction of sp³-hybridized carbons (Fsp3) is 0.250. The first-order valence-corrected chi connectivity index (χ1v) is 6.99. The molecular weight excluding hydrogens is 288 g/mol. The summed E-state index contributed by atoms with van der Waals surface area (Å²) in [6, 6.07) is 9.73. The van der Waals surface area contributed by atoms with Crippen molar-refractivity contribution in [3.05, 3.63) is 59.4 Å². The third-order valence-electron chi connectivity index (χ3n) is 2.72. The van der Waals surface area contributed by atoms with E-state index in [0.717, 1.165) is 5.56 Å². The number of thiocarbonyl (C=S) groups is 1. The molecule has 0 heterocycles. The molecule has 5 heteroatoms. The number of hydrogen-bond acceptors (Lipinski definition) is 4. The fourth-order valence-corrected chi connectivity index (χ4v) is 1.72. The summed E-state index contributed by atoms with van der Waals surface area (Å²) in [4.78, 5) is 11.9. The Hall–Kier alpha value is -2.14. The summed E-state index contributed by atoms with van der Waals surface area (Å²) < 4.78 is 4.97. The largest absolute Gasteiger partial charge is 0.504 e. The van der Waals surface area contributed by atoms with Crippen LogP contribution in [-0.2, 0) is 16.0 Å². The van der Waals surface area contributed by atoms with Gasteiger partial charge in [0.25, 0.3) is 0 Å². The van der Waals surface area contributed by atoms with Gasteiger partial charge in [-0.1, -0.05) is 30.3 Å². The van der Waals surface area contributed by atoms with Crippen molar-refractivity contribution < 1.29 is 19.7 Å². The average Bonchev–Trinajstić information content (AvgIpc) is 2.48. The van der Waals surface area contributed by atoms with Crippen LogP contribution in [0.5, 0.6) is 0 Å². The molecule has 0 saturated heterocycles. The molecule has 0 unspecified atom stereocenters. The van der Waals surface area contributed by atoms with Crippen LogP contribution in [0.2, 0.25) is 0 Å². The van der Waals surface area contributed by atoms with E-state index < -0.39 is 16.8 Å². The number of rotatable bonds is 7. The highest BCUT2D eigenvalue weighted by Crippen LogP contribution is 2.12. The number of carbonyl (C=O) groups is 1. The quantitative estimate of drug-likeness (QED) is 0.265. The van der Waals surface area contributed by atoms with Crippen molar-refractivity contribution in [3.8, 4) is 0 Å². The summed E-state index contributed by atoms with van der Waals surface area (Å²) in [7, 11) is 0. The lowest BCUT2D eigenvalue weighted by atomic mass is 10.0. The molecular formula is C16H18O4S. The summed E-state index contributed by atoms with van der Waals surface area (Å²) in [5.41, 5.74) is 1.50. The second kappa shape index (κ2) is 8.92. The summed E-state index contributed by atoms with van der Waals surface area (Å²) in [5.74, 6) is -0.896. The Morgan fingerprint density at radius 1 is 1.24 bits per heavy atom. The number of aryl methyl sites for hydroxylation is 1. The minimum Gasteiger partial charge on any atom is -0.504 e. The van der Waals surface area contributed by atoms with Crippen LogP contribution >= 0.6 is 12.2 Å². The maximum absolute atomic E-state index is 11.9. The fourth-order valence-electron chi connectivity index (χ4n) is 1.65. The molecule has 0 aromatic heterocycles. The van der Waals surface area contributed by atoms with Crippen molar-refractivity contribution in [2.75, 3.05) is 6.61 Å². The van der Waals surface area contributed by atoms with Crippen molar-refractivity contribution >= 4 is 23.2 Å². The zero-order chi connectivity index (χ0) is 15.7. The van der Waals surface area contributed by atoms with Gasteiger partial charge in [-0.25, -0.2) is 4.79 Å². The molecule has 0 atom stereocenters. The number of allylic oxidation sites excluding steroid dienone is 2. The van der Waals surface area contributed by atoms with Gasteiger partial charge in [-0.05, 0) is 49.7 Å². The molecule has 1 rings (SSSR count). The molecule has 1 aromatic carbocycles. The van der Waals surface area contributed by atoms with Crippen LogP contribution in [0.15, 0.2) is 53.8 Å². The first-order valence-electron chi connectivity index (χ1n) is 6.58. The Balaban J connectivity index is 2.82. The first-order chi connectivity index (χ1) is 10.0. The average molecular weight is 306 g/mol. The van der Waals surface area contributed by atoms with Crippen LogP contribution in [0.25, 0.3) is 0 Å². The van der Waals surface area contributed by atoms with E-state index >= 15 is 0 Å². The third kappa shape index (κ3) is 6.23. The molecule has 0 aliphatic carbocycles. The van der Waals surface area contributed by atoms with Gasteiger partial charge in [-0.3, -0.25) is 0 Å². The predicted octanol–water partition coefficient (Wildman–Crippen LogP) is 3.44. The lowest BCUT2D eigenvalue weighted by Gasteiger charge is -2.06. The van der Waals surface area contributed by atoms with Crippen LogP contribution in [0.4, 0.5) is 0 Å². The van der Waals surface area contributed by atoms with Gasteiger partial charge in [0.05, 0.1) is 6.61 Å². The van der Waals surface area contributed by atoms with E-state index in [4.69, 9.17) is 9.84 Å². The number of benzene rings is 1. The Bertz CT molecular complexity index is 547. The molecule has 2 N–H and O–H groups in total. The zero-order valence-corrected chi connectivity index (χ0v) is 12.6. The van der Waals surface area contributed by atoms with E-state index in [1.165, 1.54) is 12.2 Å². The molecule has 112 valence electrons. The van der Waals surface area contributed by atoms with Gasteiger partial charge >= 0.3 is 5.97 Å². The van der Waals surface area contributed by atoms with E-state index in [-0.39, 0.29) is 6.61 Å². The van der Waals surface area contributed by atoms with Gasteiger partial charge in [0.1, 0.15) is 0 Å². The van der Waals surface area contributed by atoms with Gasteiger partial charge in [0.15, 0.2) is 5.76 Å². The van der Waals surface area contributed by atoms with Crippen molar-refractivity contribution in [2.24, 2.45) is 0 Å². The number of hydrogen-bond donors (Lipinski definition) is 2. The highest BCUT2D eigenvalue weighted by Gasteiger charge is 2.10. The van der Waals surface area contributed by atoms with E-state index in [2.05, 4.69) is 12.2 Å². The number of esters is 1.